The van der Waals surface area contributed by atoms with Crippen molar-refractivity contribution in [1.82, 2.24) is 9.97 Å². The Bertz CT molecular complexity index is 623. The van der Waals surface area contributed by atoms with Crippen molar-refractivity contribution in [1.29, 1.82) is 0 Å². The van der Waals surface area contributed by atoms with Gasteiger partial charge >= 0.3 is 0 Å². The van der Waals surface area contributed by atoms with Gasteiger partial charge in [-0.05, 0) is 24.5 Å². The van der Waals surface area contributed by atoms with E-state index >= 15 is 0 Å². The Labute approximate surface area is 124 Å². The zero-order chi connectivity index (χ0) is 14.8. The summed E-state index contributed by atoms with van der Waals surface area (Å²) in [5.41, 5.74) is 2.73. The van der Waals surface area contributed by atoms with Crippen LogP contribution >= 0.6 is 0 Å². The van der Waals surface area contributed by atoms with Gasteiger partial charge in [0.1, 0.15) is 0 Å². The van der Waals surface area contributed by atoms with E-state index in [1.165, 1.54) is 11.1 Å². The van der Waals surface area contributed by atoms with E-state index in [0.717, 1.165) is 13.0 Å². The summed E-state index contributed by atoms with van der Waals surface area (Å²) in [5.74, 6) is 1.68. The number of rotatable bonds is 3. The molecule has 0 saturated heterocycles. The second-order valence-corrected chi connectivity index (χ2v) is 5.07. The van der Waals surface area contributed by atoms with Crippen LogP contribution in [0.1, 0.15) is 24.1 Å². The minimum Gasteiger partial charge on any atom is -0.481 e. The molecule has 2 aromatic rings. The summed E-state index contributed by atoms with van der Waals surface area (Å²) in [5, 5.41) is 0. The molecule has 2 heterocycles. The first-order valence-corrected chi connectivity index (χ1v) is 7.04. The number of benzene rings is 1. The zero-order valence-corrected chi connectivity index (χ0v) is 12.5. The summed E-state index contributed by atoms with van der Waals surface area (Å²) in [6.07, 6.45) is 0.989. The average Bonchev–Trinajstić information content (AvgIpc) is 2.55. The van der Waals surface area contributed by atoms with E-state index in [1.54, 1.807) is 20.3 Å². The third-order valence-electron chi connectivity index (χ3n) is 3.94. The molecule has 1 aliphatic heterocycles. The highest BCUT2D eigenvalue weighted by molar-refractivity contribution is 5.45. The van der Waals surface area contributed by atoms with Gasteiger partial charge < -0.3 is 14.4 Å². The molecule has 0 radical (unpaired) electrons. The molecule has 1 atom stereocenters. The summed E-state index contributed by atoms with van der Waals surface area (Å²) < 4.78 is 10.5. The normalized spacial score (nSPS) is 17.3. The number of hydrogen-bond donors (Lipinski definition) is 0. The van der Waals surface area contributed by atoms with Crippen LogP contribution in [0.5, 0.6) is 11.8 Å². The highest BCUT2D eigenvalue weighted by atomic mass is 16.5. The van der Waals surface area contributed by atoms with E-state index in [2.05, 4.69) is 46.1 Å². The monoisotopic (exact) mass is 285 g/mol. The molecule has 0 spiro atoms. The maximum Gasteiger partial charge on any atom is 0.232 e. The van der Waals surface area contributed by atoms with Gasteiger partial charge in [0.2, 0.25) is 17.7 Å². The second-order valence-electron chi connectivity index (χ2n) is 5.07. The number of methoxy groups -OCH3 is 2. The lowest BCUT2D eigenvalue weighted by Crippen LogP contribution is -2.35. The lowest BCUT2D eigenvalue weighted by molar-refractivity contribution is 0.370. The molecule has 1 unspecified atom stereocenters. The molecule has 110 valence electrons. The average molecular weight is 285 g/mol. The van der Waals surface area contributed by atoms with E-state index in [-0.39, 0.29) is 6.04 Å². The van der Waals surface area contributed by atoms with Gasteiger partial charge in [0.15, 0.2) is 0 Å². The lowest BCUT2D eigenvalue weighted by Gasteiger charge is -2.35. The van der Waals surface area contributed by atoms with Crippen molar-refractivity contribution >= 4 is 5.95 Å². The summed E-state index contributed by atoms with van der Waals surface area (Å²) >= 11 is 0. The molecule has 1 aromatic heterocycles. The minimum atomic E-state index is 0.228. The molecule has 5 heteroatoms. The number of nitrogens with zero attached hydrogens (tertiary/aromatic N) is 3. The molecule has 5 nitrogen and oxygen atoms in total. The van der Waals surface area contributed by atoms with Gasteiger partial charge in [-0.25, -0.2) is 0 Å². The SMILES string of the molecule is COc1cc(OC)nc(N2CCc3ccccc3C2C)n1. The number of aromatic nitrogens is 2. The maximum atomic E-state index is 5.24. The molecule has 0 amide bonds. The third-order valence-corrected chi connectivity index (χ3v) is 3.94. The van der Waals surface area contributed by atoms with Gasteiger partial charge in [-0.2, -0.15) is 9.97 Å². The Morgan fingerprint density at radius 2 is 1.76 bits per heavy atom. The summed E-state index contributed by atoms with van der Waals surface area (Å²) in [6.45, 7) is 3.06. The first kappa shape index (κ1) is 13.7. The van der Waals surface area contributed by atoms with E-state index in [9.17, 15) is 0 Å². The Morgan fingerprint density at radius 1 is 1.10 bits per heavy atom. The van der Waals surface area contributed by atoms with Crippen molar-refractivity contribution in [3.05, 3.63) is 41.5 Å². The molecule has 1 aliphatic rings. The van der Waals surface area contributed by atoms with Gasteiger partial charge in [0, 0.05) is 6.54 Å². The highest BCUT2D eigenvalue weighted by Crippen LogP contribution is 2.33. The third kappa shape index (κ3) is 2.51. The second kappa shape index (κ2) is 5.60. The predicted octanol–water partition coefficient (Wildman–Crippen LogP) is 2.62. The fraction of sp³-hybridized carbons (Fsp3) is 0.375. The largest absolute Gasteiger partial charge is 0.481 e. The van der Waals surface area contributed by atoms with Crippen LogP contribution in [-0.4, -0.2) is 30.7 Å². The number of anilines is 1. The van der Waals surface area contributed by atoms with Gasteiger partial charge in [-0.15, -0.1) is 0 Å². The Hall–Kier alpha value is -2.30. The number of fused-ring (bicyclic) bond motifs is 1. The smallest absolute Gasteiger partial charge is 0.232 e. The zero-order valence-electron chi connectivity index (χ0n) is 12.5. The maximum absolute atomic E-state index is 5.24. The van der Waals surface area contributed by atoms with Crippen molar-refractivity contribution in [3.8, 4) is 11.8 Å². The molecule has 0 N–H and O–H groups in total. The fourth-order valence-electron chi connectivity index (χ4n) is 2.77. The van der Waals surface area contributed by atoms with Crippen LogP contribution in [-0.2, 0) is 6.42 Å². The van der Waals surface area contributed by atoms with Crippen molar-refractivity contribution in [2.24, 2.45) is 0 Å². The van der Waals surface area contributed by atoms with Crippen LogP contribution in [0.25, 0.3) is 0 Å². The number of hydrogen-bond acceptors (Lipinski definition) is 5. The van der Waals surface area contributed by atoms with E-state index < -0.39 is 0 Å². The fourth-order valence-corrected chi connectivity index (χ4v) is 2.77. The van der Waals surface area contributed by atoms with Crippen LogP contribution < -0.4 is 14.4 Å². The quantitative estimate of drug-likeness (QED) is 0.867. The summed E-state index contributed by atoms with van der Waals surface area (Å²) in [7, 11) is 3.20. The van der Waals surface area contributed by atoms with E-state index in [1.807, 2.05) is 0 Å². The molecule has 1 aromatic carbocycles. The first-order chi connectivity index (χ1) is 10.2. The highest BCUT2D eigenvalue weighted by Gasteiger charge is 2.26. The molecule has 0 aliphatic carbocycles. The minimum absolute atomic E-state index is 0.228. The van der Waals surface area contributed by atoms with Gasteiger partial charge in [-0.3, -0.25) is 0 Å². The van der Waals surface area contributed by atoms with Crippen molar-refractivity contribution in [3.63, 3.8) is 0 Å². The van der Waals surface area contributed by atoms with Gasteiger partial charge in [0.25, 0.3) is 0 Å². The molecule has 21 heavy (non-hydrogen) atoms. The van der Waals surface area contributed by atoms with Gasteiger partial charge in [-0.1, -0.05) is 24.3 Å². The van der Waals surface area contributed by atoms with E-state index in [0.29, 0.717) is 17.7 Å². The Kier molecular flexibility index (Phi) is 3.64. The predicted molar refractivity (Wildman–Crippen MR) is 81.0 cm³/mol. The standard InChI is InChI=1S/C16H19N3O2/c1-11-13-7-5-4-6-12(13)8-9-19(11)16-17-14(20-2)10-15(18-16)21-3/h4-7,10-11H,8-9H2,1-3H3. The topological polar surface area (TPSA) is 47.5 Å². The molecule has 3 rings (SSSR count). The molecule has 0 saturated carbocycles. The molecular weight excluding hydrogens is 266 g/mol. The van der Waals surface area contributed by atoms with Gasteiger partial charge in [0.05, 0.1) is 26.3 Å². The van der Waals surface area contributed by atoms with E-state index in [4.69, 9.17) is 9.47 Å². The van der Waals surface area contributed by atoms with Crippen LogP contribution in [0, 0.1) is 0 Å². The molecule has 0 fully saturated rings. The Balaban J connectivity index is 1.98. The number of ether oxygens (including phenoxy) is 2. The van der Waals surface area contributed by atoms with Crippen molar-refractivity contribution < 1.29 is 9.47 Å². The van der Waals surface area contributed by atoms with Crippen molar-refractivity contribution in [2.45, 2.75) is 19.4 Å². The molecule has 0 bridgehead atoms. The van der Waals surface area contributed by atoms with Crippen molar-refractivity contribution in [2.75, 3.05) is 25.7 Å². The van der Waals surface area contributed by atoms with Crippen LogP contribution in [0.2, 0.25) is 0 Å². The summed E-state index contributed by atoms with van der Waals surface area (Å²) in [6, 6.07) is 10.4. The lowest BCUT2D eigenvalue weighted by atomic mass is 9.94. The molecular formula is C16H19N3O2. The summed E-state index contributed by atoms with van der Waals surface area (Å²) in [4.78, 5) is 11.1. The Morgan fingerprint density at radius 3 is 2.43 bits per heavy atom. The van der Waals surface area contributed by atoms with Crippen LogP contribution in [0.4, 0.5) is 5.95 Å². The van der Waals surface area contributed by atoms with Crippen LogP contribution in [0.3, 0.4) is 0 Å². The van der Waals surface area contributed by atoms with Crippen LogP contribution in [0.15, 0.2) is 30.3 Å². The first-order valence-electron chi connectivity index (χ1n) is 7.04.